The van der Waals surface area contributed by atoms with Crippen LogP contribution < -0.4 is 10.6 Å². The molecular weight excluding hydrogens is 645 g/mol. The van der Waals surface area contributed by atoms with Crippen molar-refractivity contribution < 1.29 is 47.4 Å². The number of aryl methyl sites for hydroxylation is 1. The summed E-state index contributed by atoms with van der Waals surface area (Å²) in [4.78, 5) is 64.7. The number of carbonyl (C=O) groups excluding carboxylic acids is 3. The van der Waals surface area contributed by atoms with E-state index in [4.69, 9.17) is 9.90 Å². The van der Waals surface area contributed by atoms with Gasteiger partial charge in [-0.2, -0.15) is 13.2 Å². The normalized spacial score (nSPS) is 17.4. The Bertz CT molecular complexity index is 1390. The van der Waals surface area contributed by atoms with E-state index in [-0.39, 0.29) is 23.6 Å². The van der Waals surface area contributed by atoms with Gasteiger partial charge in [0.05, 0.1) is 12.1 Å². The quantitative estimate of drug-likeness (QED) is 0.246. The minimum Gasteiger partial charge on any atom is -0.480 e. The number of nitrogens with zero attached hydrogens (tertiary/aromatic N) is 2. The molecule has 1 aliphatic heterocycles. The van der Waals surface area contributed by atoms with Gasteiger partial charge in [-0.05, 0) is 50.6 Å². The molecule has 0 bridgehead atoms. The van der Waals surface area contributed by atoms with Gasteiger partial charge >= 0.3 is 18.1 Å². The van der Waals surface area contributed by atoms with Crippen molar-refractivity contribution in [2.75, 3.05) is 20.6 Å². The Labute approximate surface area is 287 Å². The van der Waals surface area contributed by atoms with Crippen molar-refractivity contribution in [1.82, 2.24) is 20.4 Å². The molecule has 1 aliphatic rings. The summed E-state index contributed by atoms with van der Waals surface area (Å²) in [6.07, 6.45) is -2.26. The number of rotatable bonds is 11. The predicted octanol–water partition coefficient (Wildman–Crippen LogP) is 4.53. The van der Waals surface area contributed by atoms with Crippen LogP contribution in [-0.2, 0) is 29.4 Å². The molecule has 14 heteroatoms. The first-order valence-electron chi connectivity index (χ1n) is 16.1. The molecule has 276 valence electrons. The fourth-order valence-corrected chi connectivity index (χ4v) is 5.83. The number of hydrogen-bond acceptors (Lipinski definition) is 6. The van der Waals surface area contributed by atoms with Gasteiger partial charge in [0.2, 0.25) is 17.7 Å². The van der Waals surface area contributed by atoms with E-state index >= 15 is 0 Å². The molecule has 3 amide bonds. The van der Waals surface area contributed by atoms with Crippen molar-refractivity contribution in [2.24, 2.45) is 11.3 Å². The third-order valence-electron chi connectivity index (χ3n) is 8.71. The summed E-state index contributed by atoms with van der Waals surface area (Å²) >= 11 is 0. The predicted molar refractivity (Wildman–Crippen MR) is 180 cm³/mol. The lowest BCUT2D eigenvalue weighted by molar-refractivity contribution is -0.192. The van der Waals surface area contributed by atoms with Crippen LogP contribution in [0.3, 0.4) is 0 Å². The zero-order chi connectivity index (χ0) is 38.2. The maximum atomic E-state index is 14.1. The molecule has 0 saturated carbocycles. The summed E-state index contributed by atoms with van der Waals surface area (Å²) in [5.74, 6) is -4.68. The molecule has 2 rings (SSSR count). The lowest BCUT2D eigenvalue weighted by Crippen LogP contribution is -2.61. The monoisotopic (exact) mass is 698 g/mol. The number of hydrogen-bond donors (Lipinski definition) is 4. The van der Waals surface area contributed by atoms with Crippen molar-refractivity contribution in [3.63, 3.8) is 0 Å². The lowest BCUT2D eigenvalue weighted by atomic mass is 9.76. The lowest BCUT2D eigenvalue weighted by Gasteiger charge is -2.40. The molecule has 0 aliphatic carbocycles. The first-order chi connectivity index (χ1) is 22.3. The highest BCUT2D eigenvalue weighted by atomic mass is 19.4. The summed E-state index contributed by atoms with van der Waals surface area (Å²) in [5, 5.41) is 22.9. The Morgan fingerprint density at radius 3 is 2.00 bits per heavy atom. The van der Waals surface area contributed by atoms with Gasteiger partial charge < -0.3 is 30.6 Å². The highest BCUT2D eigenvalue weighted by Crippen LogP contribution is 2.30. The zero-order valence-electron chi connectivity index (χ0n) is 30.4. The molecule has 4 N–H and O–H groups in total. The summed E-state index contributed by atoms with van der Waals surface area (Å²) in [6, 6.07) is 5.36. The average Bonchev–Trinajstić information content (AvgIpc) is 3.47. The molecule has 0 spiro atoms. The molecule has 0 unspecified atom stereocenters. The Morgan fingerprint density at radius 2 is 1.57 bits per heavy atom. The summed E-state index contributed by atoms with van der Waals surface area (Å²) in [6.45, 7) is 17.8. The molecule has 1 aromatic rings. The van der Waals surface area contributed by atoms with Crippen LogP contribution in [0.4, 0.5) is 13.2 Å². The van der Waals surface area contributed by atoms with Crippen LogP contribution in [0.5, 0.6) is 0 Å². The van der Waals surface area contributed by atoms with Crippen LogP contribution in [-0.4, -0.2) is 101 Å². The largest absolute Gasteiger partial charge is 0.490 e. The maximum Gasteiger partial charge on any atom is 0.490 e. The number of aliphatic carboxylic acids is 2. The number of carbonyl (C=O) groups is 5. The van der Waals surface area contributed by atoms with E-state index in [1.807, 2.05) is 73.6 Å². The molecule has 1 fully saturated rings. The van der Waals surface area contributed by atoms with Gasteiger partial charge in [0.1, 0.15) is 12.1 Å². The molecule has 11 nitrogen and oxygen atoms in total. The van der Waals surface area contributed by atoms with Crippen molar-refractivity contribution in [3.8, 4) is 0 Å². The van der Waals surface area contributed by atoms with Gasteiger partial charge in [0.25, 0.3) is 0 Å². The Balaban J connectivity index is 0.00000154. The standard InChI is InChI=1S/C33H52N4O5.C2HF3O2/c1-20(2)25(19-22(4)29(39)37-17-13-16-24(37)31(41)42)36(11)30(40)27(32(5,6)7)35-28(38)26(34-10)33(8,9)23-15-12-14-21(3)18-23;3-2(4,5)1(6)7/h12,14-15,18-20,24-27,34H,13,16-17H2,1-11H3,(H,35,38)(H,41,42);(H,6,7)/b22-19+;/t24-,25+,26+,27+;/m0./s1. The fourth-order valence-electron chi connectivity index (χ4n) is 5.83. The van der Waals surface area contributed by atoms with E-state index in [0.29, 0.717) is 25.0 Å². The summed E-state index contributed by atoms with van der Waals surface area (Å²) < 4.78 is 31.7. The van der Waals surface area contributed by atoms with E-state index in [2.05, 4.69) is 16.7 Å². The SMILES string of the molecule is CN[C@H](C(=O)N[C@H](C(=O)N(C)[C@H](/C=C(\C)C(=O)N1CCC[C@H]1C(=O)O)C(C)C)C(C)(C)C)C(C)(C)c1cccc(C)c1.O=C(O)C(F)(F)F. The number of carboxylic acids is 2. The first-order valence-corrected chi connectivity index (χ1v) is 16.1. The second-order valence-corrected chi connectivity index (χ2v) is 14.5. The van der Waals surface area contributed by atoms with Gasteiger partial charge in [-0.1, -0.05) is 84.4 Å². The van der Waals surface area contributed by atoms with E-state index in [1.165, 1.54) is 4.90 Å². The minimum absolute atomic E-state index is 0.0443. The Kier molecular flexibility index (Phi) is 15.1. The summed E-state index contributed by atoms with van der Waals surface area (Å²) in [5.41, 5.74) is 1.35. The van der Waals surface area contributed by atoms with Gasteiger partial charge in [-0.3, -0.25) is 14.4 Å². The number of carboxylic acid groups (broad SMARTS) is 2. The third kappa shape index (κ3) is 11.6. The number of likely N-dealkylation sites (tertiary alicyclic amines) is 1. The topological polar surface area (TPSA) is 156 Å². The molecule has 1 saturated heterocycles. The smallest absolute Gasteiger partial charge is 0.480 e. The second kappa shape index (κ2) is 17.1. The highest BCUT2D eigenvalue weighted by Gasteiger charge is 2.42. The molecular formula is C35H53F3N4O7. The van der Waals surface area contributed by atoms with Crippen molar-refractivity contribution >= 4 is 29.7 Å². The summed E-state index contributed by atoms with van der Waals surface area (Å²) in [7, 11) is 3.44. The van der Waals surface area contributed by atoms with Crippen LogP contribution in [0.15, 0.2) is 35.9 Å². The fraction of sp³-hybridized carbons (Fsp3) is 0.629. The average molecular weight is 699 g/mol. The number of halogens is 3. The van der Waals surface area contributed by atoms with Gasteiger partial charge in [-0.25, -0.2) is 9.59 Å². The minimum atomic E-state index is -5.08. The molecule has 49 heavy (non-hydrogen) atoms. The first kappa shape index (κ1) is 43.1. The van der Waals surface area contributed by atoms with Crippen LogP contribution in [0.1, 0.15) is 79.4 Å². The molecule has 0 radical (unpaired) electrons. The molecule has 0 aromatic heterocycles. The van der Waals surface area contributed by atoms with E-state index < -0.39 is 53.1 Å². The molecule has 1 aromatic carbocycles. The van der Waals surface area contributed by atoms with Gasteiger partial charge in [-0.15, -0.1) is 0 Å². The number of benzene rings is 1. The Hall–Kier alpha value is -3.94. The Morgan fingerprint density at radius 1 is 1.02 bits per heavy atom. The maximum absolute atomic E-state index is 14.1. The second-order valence-electron chi connectivity index (χ2n) is 14.5. The van der Waals surface area contributed by atoms with Gasteiger partial charge in [0, 0.05) is 24.6 Å². The van der Waals surface area contributed by atoms with Crippen molar-refractivity contribution in [1.29, 1.82) is 0 Å². The highest BCUT2D eigenvalue weighted by molar-refractivity contribution is 5.96. The van der Waals surface area contributed by atoms with Crippen LogP contribution in [0.2, 0.25) is 0 Å². The number of nitrogens with one attached hydrogen (secondary N) is 2. The zero-order valence-corrected chi connectivity index (χ0v) is 30.4. The van der Waals surface area contributed by atoms with Crippen LogP contribution >= 0.6 is 0 Å². The number of likely N-dealkylation sites (N-methyl/N-ethyl adjacent to an activating group) is 2. The molecule has 1 heterocycles. The van der Waals surface area contributed by atoms with E-state index in [1.54, 1.807) is 32.0 Å². The van der Waals surface area contributed by atoms with Crippen molar-refractivity contribution in [3.05, 3.63) is 47.0 Å². The van der Waals surface area contributed by atoms with Gasteiger partial charge in [0.15, 0.2) is 0 Å². The molecule has 4 atom stereocenters. The van der Waals surface area contributed by atoms with Crippen LogP contribution in [0.25, 0.3) is 0 Å². The van der Waals surface area contributed by atoms with E-state index in [0.717, 1.165) is 11.1 Å². The number of alkyl halides is 3. The van der Waals surface area contributed by atoms with Crippen LogP contribution in [0, 0.1) is 18.3 Å². The van der Waals surface area contributed by atoms with E-state index in [9.17, 15) is 37.5 Å². The number of amides is 3. The third-order valence-corrected chi connectivity index (χ3v) is 8.71. The van der Waals surface area contributed by atoms with Crippen molar-refractivity contribution in [2.45, 2.75) is 111 Å².